The zero-order chi connectivity index (χ0) is 12.8. The molecule has 0 amide bonds. The lowest BCUT2D eigenvalue weighted by atomic mass is 10.1. The molecule has 0 aliphatic heterocycles. The molecule has 0 fully saturated rings. The minimum absolute atomic E-state index is 0.151. The normalized spacial score (nSPS) is 11.2. The number of hydrogen-bond acceptors (Lipinski definition) is 4. The number of ketones is 1. The van der Waals surface area contributed by atoms with E-state index in [-0.39, 0.29) is 12.4 Å². The number of carbonyl (C=O) groups is 1. The highest BCUT2D eigenvalue weighted by Gasteiger charge is 2.06. The number of rotatable bonds is 5. The van der Waals surface area contributed by atoms with E-state index in [1.54, 1.807) is 38.5 Å². The average Bonchev–Trinajstić information content (AvgIpc) is 2.35. The lowest BCUT2D eigenvalue weighted by Crippen LogP contribution is -2.01. The first kappa shape index (κ1) is 13.3. The Morgan fingerprint density at radius 3 is 2.41 bits per heavy atom. The Morgan fingerprint density at radius 1 is 1.29 bits per heavy atom. The highest BCUT2D eigenvalue weighted by molar-refractivity contribution is 5.98. The Kier molecular flexibility index (Phi) is 4.72. The van der Waals surface area contributed by atoms with E-state index in [0.717, 1.165) is 5.56 Å². The van der Waals surface area contributed by atoms with Crippen molar-refractivity contribution in [3.05, 3.63) is 29.3 Å². The van der Waals surface area contributed by atoms with Crippen molar-refractivity contribution in [3.63, 3.8) is 0 Å². The number of carbonyl (C=O) groups excluding carboxylic acids is 1. The van der Waals surface area contributed by atoms with E-state index in [1.165, 1.54) is 6.92 Å². The quantitative estimate of drug-likeness (QED) is 0.790. The number of methoxy groups -OCH3 is 2. The van der Waals surface area contributed by atoms with Gasteiger partial charge in [-0.1, -0.05) is 6.07 Å². The molecule has 1 rings (SSSR count). The maximum absolute atomic E-state index is 11.2. The summed E-state index contributed by atoms with van der Waals surface area (Å²) in [5.74, 6) is 1.06. The first-order valence-electron chi connectivity index (χ1n) is 5.16. The molecule has 1 aromatic carbocycles. The smallest absolute Gasteiger partial charge is 0.161 e. The lowest BCUT2D eigenvalue weighted by molar-refractivity contribution is -0.113. The molecule has 4 nitrogen and oxygen atoms in total. The van der Waals surface area contributed by atoms with Gasteiger partial charge in [0.05, 0.1) is 20.8 Å². The molecule has 1 N–H and O–H groups in total. The van der Waals surface area contributed by atoms with Gasteiger partial charge in [-0.25, -0.2) is 0 Å². The van der Waals surface area contributed by atoms with Crippen molar-refractivity contribution in [1.29, 1.82) is 0 Å². The second-order valence-electron chi connectivity index (χ2n) is 3.50. The summed E-state index contributed by atoms with van der Waals surface area (Å²) in [4.78, 5) is 11.2. The minimum atomic E-state index is -0.274. The van der Waals surface area contributed by atoms with E-state index in [9.17, 15) is 4.79 Å². The Hall–Kier alpha value is -1.81. The van der Waals surface area contributed by atoms with Gasteiger partial charge in [-0.3, -0.25) is 4.79 Å². The van der Waals surface area contributed by atoms with Crippen LogP contribution in [0.2, 0.25) is 0 Å². The van der Waals surface area contributed by atoms with E-state index in [2.05, 4.69) is 0 Å². The van der Waals surface area contributed by atoms with Crippen LogP contribution >= 0.6 is 0 Å². The maximum Gasteiger partial charge on any atom is 0.161 e. The summed E-state index contributed by atoms with van der Waals surface area (Å²) in [5.41, 5.74) is 1.14. The predicted octanol–water partition coefficient (Wildman–Crippen LogP) is 1.67. The van der Waals surface area contributed by atoms with Crippen LogP contribution in [0.1, 0.15) is 12.5 Å². The van der Waals surface area contributed by atoms with Gasteiger partial charge in [0.15, 0.2) is 17.3 Å². The Labute approximate surface area is 100 Å². The molecular weight excluding hydrogens is 220 g/mol. The standard InChI is InChI=1S/C13H16O4/c1-9(15)11(8-14)6-10-4-5-12(16-2)13(7-10)17-3/h4-7,14H,8H2,1-3H3/b11-6-. The molecule has 0 atom stereocenters. The van der Waals surface area contributed by atoms with Gasteiger partial charge in [-0.05, 0) is 30.7 Å². The molecule has 0 saturated heterocycles. The Morgan fingerprint density at radius 2 is 1.94 bits per heavy atom. The molecule has 0 aliphatic carbocycles. The summed E-state index contributed by atoms with van der Waals surface area (Å²) in [5, 5.41) is 9.04. The average molecular weight is 236 g/mol. The number of Topliss-reactive ketones (excluding diaryl/α,β-unsaturated/α-hetero) is 1. The van der Waals surface area contributed by atoms with Crippen LogP contribution in [-0.2, 0) is 4.79 Å². The molecule has 92 valence electrons. The minimum Gasteiger partial charge on any atom is -0.493 e. The monoisotopic (exact) mass is 236 g/mol. The van der Waals surface area contributed by atoms with Crippen LogP contribution in [0.15, 0.2) is 23.8 Å². The third kappa shape index (κ3) is 3.32. The van der Waals surface area contributed by atoms with Crippen molar-refractivity contribution in [2.75, 3.05) is 20.8 Å². The zero-order valence-electron chi connectivity index (χ0n) is 10.2. The van der Waals surface area contributed by atoms with Crippen LogP contribution in [0.25, 0.3) is 6.08 Å². The third-order valence-electron chi connectivity index (χ3n) is 2.37. The van der Waals surface area contributed by atoms with Crippen LogP contribution < -0.4 is 9.47 Å². The molecule has 0 unspecified atom stereocenters. The fraction of sp³-hybridized carbons (Fsp3) is 0.308. The van der Waals surface area contributed by atoms with E-state index < -0.39 is 0 Å². The van der Waals surface area contributed by atoms with Gasteiger partial charge in [0.25, 0.3) is 0 Å². The SMILES string of the molecule is COc1ccc(/C=C(/CO)C(C)=O)cc1OC. The first-order valence-corrected chi connectivity index (χ1v) is 5.16. The highest BCUT2D eigenvalue weighted by Crippen LogP contribution is 2.28. The summed E-state index contributed by atoms with van der Waals surface area (Å²) in [6.45, 7) is 1.15. The van der Waals surface area contributed by atoms with Crippen LogP contribution in [0.4, 0.5) is 0 Å². The molecule has 0 aromatic heterocycles. The van der Waals surface area contributed by atoms with Crippen molar-refractivity contribution in [2.45, 2.75) is 6.92 Å². The summed E-state index contributed by atoms with van der Waals surface area (Å²) in [7, 11) is 3.10. The summed E-state index contributed by atoms with van der Waals surface area (Å²) in [6, 6.07) is 5.29. The number of ether oxygens (including phenoxy) is 2. The second kappa shape index (κ2) is 6.06. The molecule has 17 heavy (non-hydrogen) atoms. The van der Waals surface area contributed by atoms with Gasteiger partial charge in [-0.15, -0.1) is 0 Å². The molecule has 0 saturated carbocycles. The van der Waals surface area contributed by atoms with Crippen LogP contribution in [-0.4, -0.2) is 31.7 Å². The molecule has 0 radical (unpaired) electrons. The van der Waals surface area contributed by atoms with Crippen molar-refractivity contribution in [1.82, 2.24) is 0 Å². The van der Waals surface area contributed by atoms with Gasteiger partial charge in [0.1, 0.15) is 0 Å². The summed E-state index contributed by atoms with van der Waals surface area (Å²) >= 11 is 0. The molecule has 0 bridgehead atoms. The van der Waals surface area contributed by atoms with Crippen molar-refractivity contribution in [3.8, 4) is 11.5 Å². The predicted molar refractivity (Wildman–Crippen MR) is 65.3 cm³/mol. The van der Waals surface area contributed by atoms with Crippen molar-refractivity contribution < 1.29 is 19.4 Å². The van der Waals surface area contributed by atoms with Gasteiger partial charge < -0.3 is 14.6 Å². The fourth-order valence-electron chi connectivity index (χ4n) is 1.40. The van der Waals surface area contributed by atoms with Gasteiger partial charge >= 0.3 is 0 Å². The Balaban J connectivity index is 3.11. The molecule has 0 heterocycles. The van der Waals surface area contributed by atoms with E-state index in [4.69, 9.17) is 14.6 Å². The molecule has 0 spiro atoms. The van der Waals surface area contributed by atoms with E-state index >= 15 is 0 Å². The highest BCUT2D eigenvalue weighted by atomic mass is 16.5. The summed E-state index contributed by atoms with van der Waals surface area (Å²) < 4.78 is 10.3. The largest absolute Gasteiger partial charge is 0.493 e. The fourth-order valence-corrected chi connectivity index (χ4v) is 1.40. The second-order valence-corrected chi connectivity index (χ2v) is 3.50. The van der Waals surface area contributed by atoms with Crippen LogP contribution in [0, 0.1) is 0 Å². The van der Waals surface area contributed by atoms with Crippen LogP contribution in [0.3, 0.4) is 0 Å². The number of hydrogen-bond donors (Lipinski definition) is 1. The lowest BCUT2D eigenvalue weighted by Gasteiger charge is -2.08. The van der Waals surface area contributed by atoms with E-state index in [0.29, 0.717) is 17.1 Å². The summed E-state index contributed by atoms with van der Waals surface area (Å²) in [6.07, 6.45) is 1.63. The Bertz CT molecular complexity index is 435. The first-order chi connectivity index (χ1) is 8.12. The number of aliphatic hydroxyl groups is 1. The third-order valence-corrected chi connectivity index (χ3v) is 2.37. The number of aliphatic hydroxyl groups excluding tert-OH is 1. The zero-order valence-corrected chi connectivity index (χ0v) is 10.2. The van der Waals surface area contributed by atoms with Gasteiger partial charge in [-0.2, -0.15) is 0 Å². The van der Waals surface area contributed by atoms with Crippen LogP contribution in [0.5, 0.6) is 11.5 Å². The molecular formula is C13H16O4. The maximum atomic E-state index is 11.2. The topological polar surface area (TPSA) is 55.8 Å². The van der Waals surface area contributed by atoms with E-state index in [1.807, 2.05) is 0 Å². The van der Waals surface area contributed by atoms with Crippen molar-refractivity contribution in [2.24, 2.45) is 0 Å². The molecule has 4 heteroatoms. The van der Waals surface area contributed by atoms with Gasteiger partial charge in [0, 0.05) is 5.57 Å². The molecule has 0 aliphatic rings. The van der Waals surface area contributed by atoms with Crippen molar-refractivity contribution >= 4 is 11.9 Å². The molecule has 1 aromatic rings. The number of benzene rings is 1. The van der Waals surface area contributed by atoms with Gasteiger partial charge in [0.2, 0.25) is 0 Å².